The van der Waals surface area contributed by atoms with Crippen molar-refractivity contribution in [1.29, 1.82) is 0 Å². The van der Waals surface area contributed by atoms with E-state index in [1.807, 2.05) is 4.72 Å². The second kappa shape index (κ2) is 5.58. The van der Waals surface area contributed by atoms with Gasteiger partial charge >= 0.3 is 5.97 Å². The van der Waals surface area contributed by atoms with E-state index in [1.165, 1.54) is 6.07 Å². The lowest BCUT2D eigenvalue weighted by Gasteiger charge is -2.12. The predicted octanol–water partition coefficient (Wildman–Crippen LogP) is 0.170. The number of aryl methyl sites for hydroxylation is 1. The summed E-state index contributed by atoms with van der Waals surface area (Å²) in [5, 5.41) is 17.4. The van der Waals surface area contributed by atoms with Gasteiger partial charge in [-0.25, -0.2) is 8.42 Å². The summed E-state index contributed by atoms with van der Waals surface area (Å²) in [5.41, 5.74) is 0. The van der Waals surface area contributed by atoms with Crippen LogP contribution >= 0.6 is 11.3 Å². The number of aliphatic carboxylic acids is 1. The van der Waals surface area contributed by atoms with E-state index in [2.05, 4.69) is 0 Å². The van der Waals surface area contributed by atoms with Crippen LogP contribution in [0, 0.1) is 6.92 Å². The molecule has 8 heteroatoms. The third kappa shape index (κ3) is 3.77. The van der Waals surface area contributed by atoms with Gasteiger partial charge in [-0.2, -0.15) is 4.72 Å². The van der Waals surface area contributed by atoms with Gasteiger partial charge in [0.25, 0.3) is 10.0 Å². The highest BCUT2D eigenvalue weighted by molar-refractivity contribution is 7.91. The molecule has 1 heterocycles. The molecule has 0 amide bonds. The minimum absolute atomic E-state index is 0.0687. The van der Waals surface area contributed by atoms with E-state index in [0.29, 0.717) is 0 Å². The number of thiophene rings is 1. The average molecular weight is 279 g/mol. The first-order valence-corrected chi connectivity index (χ1v) is 7.09. The first-order valence-electron chi connectivity index (χ1n) is 4.79. The molecule has 0 aliphatic rings. The molecule has 96 valence electrons. The Labute approximate surface area is 103 Å². The molecule has 0 fully saturated rings. The molecule has 1 rings (SSSR count). The standard InChI is InChI=1S/C9H13NO5S2/c1-6-2-3-8(16-6)17(14,15)10-7(4-5-11)9(12)13/h2-3,7,10-11H,4-5H2,1H3,(H,12,13). The summed E-state index contributed by atoms with van der Waals surface area (Å²) in [6.45, 7) is 1.36. The van der Waals surface area contributed by atoms with E-state index in [1.54, 1.807) is 13.0 Å². The number of sulfonamides is 1. The van der Waals surface area contributed by atoms with Crippen molar-refractivity contribution in [3.05, 3.63) is 17.0 Å². The van der Waals surface area contributed by atoms with Crippen molar-refractivity contribution in [3.8, 4) is 0 Å². The fraction of sp³-hybridized carbons (Fsp3) is 0.444. The van der Waals surface area contributed by atoms with Crippen molar-refractivity contribution >= 4 is 27.3 Å². The maximum atomic E-state index is 11.8. The molecule has 0 spiro atoms. The molecular formula is C9H13NO5S2. The van der Waals surface area contributed by atoms with Gasteiger partial charge in [0, 0.05) is 11.5 Å². The second-order valence-corrected chi connectivity index (χ2v) is 6.62. The summed E-state index contributed by atoms with van der Waals surface area (Å²) in [7, 11) is -3.83. The quantitative estimate of drug-likeness (QED) is 0.688. The third-order valence-electron chi connectivity index (χ3n) is 1.99. The number of carboxylic acid groups (broad SMARTS) is 1. The number of hydrogen-bond acceptors (Lipinski definition) is 5. The molecule has 0 aliphatic carbocycles. The Kier molecular flexibility index (Phi) is 4.63. The predicted molar refractivity (Wildman–Crippen MR) is 62.5 cm³/mol. The first kappa shape index (κ1) is 14.1. The van der Waals surface area contributed by atoms with E-state index in [4.69, 9.17) is 10.2 Å². The van der Waals surface area contributed by atoms with Crippen LogP contribution in [0.2, 0.25) is 0 Å². The number of aliphatic hydroxyl groups excluding tert-OH is 1. The van der Waals surface area contributed by atoms with Gasteiger partial charge in [-0.15, -0.1) is 11.3 Å². The lowest BCUT2D eigenvalue weighted by atomic mass is 10.2. The molecule has 0 radical (unpaired) electrons. The van der Waals surface area contributed by atoms with Gasteiger partial charge in [0.05, 0.1) is 0 Å². The smallest absolute Gasteiger partial charge is 0.321 e. The molecule has 1 aromatic rings. The Bertz CT molecular complexity index is 493. The van der Waals surface area contributed by atoms with Crippen LogP contribution in [0.5, 0.6) is 0 Å². The SMILES string of the molecule is Cc1ccc(S(=O)(=O)NC(CCO)C(=O)O)s1. The molecule has 0 aliphatic heterocycles. The number of aliphatic hydroxyl groups is 1. The fourth-order valence-electron chi connectivity index (χ4n) is 1.16. The van der Waals surface area contributed by atoms with E-state index >= 15 is 0 Å². The van der Waals surface area contributed by atoms with Crippen LogP contribution in [0.15, 0.2) is 16.3 Å². The molecule has 1 unspecified atom stereocenters. The number of carbonyl (C=O) groups is 1. The lowest BCUT2D eigenvalue weighted by Crippen LogP contribution is -2.41. The molecular weight excluding hydrogens is 266 g/mol. The Morgan fingerprint density at radius 3 is 2.59 bits per heavy atom. The Morgan fingerprint density at radius 1 is 1.53 bits per heavy atom. The van der Waals surface area contributed by atoms with Crippen LogP contribution in [0.4, 0.5) is 0 Å². The van der Waals surface area contributed by atoms with Crippen LogP contribution in [-0.4, -0.2) is 37.2 Å². The topological polar surface area (TPSA) is 104 Å². The van der Waals surface area contributed by atoms with E-state index < -0.39 is 28.6 Å². The van der Waals surface area contributed by atoms with E-state index in [-0.39, 0.29) is 10.6 Å². The van der Waals surface area contributed by atoms with Crippen LogP contribution in [0.3, 0.4) is 0 Å². The highest BCUT2D eigenvalue weighted by Crippen LogP contribution is 2.20. The molecule has 6 nitrogen and oxygen atoms in total. The van der Waals surface area contributed by atoms with Gasteiger partial charge in [-0.05, 0) is 25.5 Å². The van der Waals surface area contributed by atoms with Crippen molar-refractivity contribution in [2.24, 2.45) is 0 Å². The van der Waals surface area contributed by atoms with Crippen molar-refractivity contribution < 1.29 is 23.4 Å². The molecule has 0 bridgehead atoms. The Morgan fingerprint density at radius 2 is 2.18 bits per heavy atom. The maximum absolute atomic E-state index is 11.8. The van der Waals surface area contributed by atoms with E-state index in [0.717, 1.165) is 16.2 Å². The summed E-state index contributed by atoms with van der Waals surface area (Å²) in [6, 6.07) is 1.74. The highest BCUT2D eigenvalue weighted by Gasteiger charge is 2.25. The third-order valence-corrected chi connectivity index (χ3v) is 4.96. The molecule has 0 saturated heterocycles. The molecule has 3 N–H and O–H groups in total. The molecule has 0 aromatic carbocycles. The fourth-order valence-corrected chi connectivity index (χ4v) is 3.69. The zero-order valence-corrected chi connectivity index (χ0v) is 10.7. The van der Waals surface area contributed by atoms with Gasteiger partial charge in [0.15, 0.2) is 0 Å². The molecule has 0 saturated carbocycles. The summed E-state index contributed by atoms with van der Waals surface area (Å²) >= 11 is 1.06. The van der Waals surface area contributed by atoms with Crippen molar-refractivity contribution in [1.82, 2.24) is 4.72 Å². The zero-order chi connectivity index (χ0) is 13.1. The Balaban J connectivity index is 2.88. The highest BCUT2D eigenvalue weighted by atomic mass is 32.2. The monoisotopic (exact) mass is 279 g/mol. The van der Waals surface area contributed by atoms with Crippen LogP contribution in [0.25, 0.3) is 0 Å². The lowest BCUT2D eigenvalue weighted by molar-refractivity contribution is -0.139. The van der Waals surface area contributed by atoms with Crippen molar-refractivity contribution in [2.45, 2.75) is 23.6 Å². The molecule has 17 heavy (non-hydrogen) atoms. The zero-order valence-electron chi connectivity index (χ0n) is 9.08. The minimum atomic E-state index is -3.83. The summed E-state index contributed by atoms with van der Waals surface area (Å²) in [5.74, 6) is -1.31. The largest absolute Gasteiger partial charge is 0.480 e. The summed E-state index contributed by atoms with van der Waals surface area (Å²) in [4.78, 5) is 11.6. The van der Waals surface area contributed by atoms with Gasteiger partial charge in [0.1, 0.15) is 10.3 Å². The van der Waals surface area contributed by atoms with E-state index in [9.17, 15) is 13.2 Å². The van der Waals surface area contributed by atoms with Gasteiger partial charge < -0.3 is 10.2 Å². The van der Waals surface area contributed by atoms with Crippen LogP contribution in [-0.2, 0) is 14.8 Å². The number of rotatable bonds is 6. The first-order chi connectivity index (χ1) is 7.86. The average Bonchev–Trinajstić information content (AvgIpc) is 2.64. The van der Waals surface area contributed by atoms with Crippen molar-refractivity contribution in [3.63, 3.8) is 0 Å². The van der Waals surface area contributed by atoms with Gasteiger partial charge in [-0.1, -0.05) is 0 Å². The van der Waals surface area contributed by atoms with Crippen molar-refractivity contribution in [2.75, 3.05) is 6.61 Å². The second-order valence-electron chi connectivity index (χ2n) is 3.39. The maximum Gasteiger partial charge on any atom is 0.321 e. The number of carboxylic acids is 1. The van der Waals surface area contributed by atoms with Crippen LogP contribution in [0.1, 0.15) is 11.3 Å². The Hall–Kier alpha value is -0.960. The summed E-state index contributed by atoms with van der Waals surface area (Å²) < 4.78 is 25.7. The number of hydrogen-bond donors (Lipinski definition) is 3. The summed E-state index contributed by atoms with van der Waals surface area (Å²) in [6.07, 6.45) is -0.168. The minimum Gasteiger partial charge on any atom is -0.480 e. The molecule has 1 aromatic heterocycles. The number of nitrogens with one attached hydrogen (secondary N) is 1. The van der Waals surface area contributed by atoms with Gasteiger partial charge in [-0.3, -0.25) is 4.79 Å². The van der Waals surface area contributed by atoms with Crippen LogP contribution < -0.4 is 4.72 Å². The van der Waals surface area contributed by atoms with Gasteiger partial charge in [0.2, 0.25) is 0 Å². The normalized spacial score (nSPS) is 13.5. The molecule has 1 atom stereocenters.